The van der Waals surface area contributed by atoms with Gasteiger partial charge in [0.1, 0.15) is 5.75 Å². The number of ether oxygens (including phenoxy) is 1. The molecule has 0 aliphatic rings. The summed E-state index contributed by atoms with van der Waals surface area (Å²) in [6.45, 7) is 2.15. The summed E-state index contributed by atoms with van der Waals surface area (Å²) in [7, 11) is 0. The number of aromatic carboxylic acids is 1. The van der Waals surface area contributed by atoms with Gasteiger partial charge in [-0.2, -0.15) is 0 Å². The van der Waals surface area contributed by atoms with E-state index < -0.39 is 5.97 Å². The smallest absolute Gasteiger partial charge is 0.227 e. The first kappa shape index (κ1) is 17.0. The zero-order chi connectivity index (χ0) is 16.8. The lowest BCUT2D eigenvalue weighted by molar-refractivity contribution is -0.254. The van der Waals surface area contributed by atoms with E-state index in [1.54, 1.807) is 6.07 Å². The van der Waals surface area contributed by atoms with E-state index >= 15 is 0 Å². The van der Waals surface area contributed by atoms with Crippen LogP contribution in [0, 0.1) is 6.92 Å². The molecule has 0 aliphatic carbocycles. The number of anilines is 1. The molecule has 23 heavy (non-hydrogen) atoms. The summed E-state index contributed by atoms with van der Waals surface area (Å²) < 4.78 is 6.09. The molecule has 0 radical (unpaired) electrons. The van der Waals surface area contributed by atoms with Gasteiger partial charge in [0.25, 0.3) is 0 Å². The normalized spacial score (nSPS) is 10.2. The number of carbonyl (C=O) groups excluding carboxylic acids is 2. The second kappa shape index (κ2) is 7.78. The molecule has 0 spiro atoms. The van der Waals surface area contributed by atoms with Crippen LogP contribution in [-0.2, 0) is 4.79 Å². The lowest BCUT2D eigenvalue weighted by atomic mass is 10.2. The Kier molecular flexibility index (Phi) is 5.76. The molecular weight excluding hydrogens is 362 g/mol. The SMILES string of the molecule is Cc1cccc(OCCC(=O)Nc2ccc(Br)cc2C(=O)[O-])c1. The molecule has 1 N–H and O–H groups in total. The van der Waals surface area contributed by atoms with Crippen molar-refractivity contribution < 1.29 is 19.4 Å². The van der Waals surface area contributed by atoms with Crippen LogP contribution in [0.2, 0.25) is 0 Å². The first-order valence-corrected chi connectivity index (χ1v) is 7.75. The monoisotopic (exact) mass is 376 g/mol. The molecule has 0 fully saturated rings. The number of benzene rings is 2. The fourth-order valence-electron chi connectivity index (χ4n) is 1.97. The summed E-state index contributed by atoms with van der Waals surface area (Å²) in [6, 6.07) is 12.1. The lowest BCUT2D eigenvalue weighted by Gasteiger charge is -2.12. The molecule has 0 aliphatic heterocycles. The van der Waals surface area contributed by atoms with Crippen molar-refractivity contribution in [2.24, 2.45) is 0 Å². The number of nitrogens with one attached hydrogen (secondary N) is 1. The van der Waals surface area contributed by atoms with Gasteiger partial charge in [0.05, 0.1) is 19.0 Å². The average molecular weight is 377 g/mol. The third-order valence-electron chi connectivity index (χ3n) is 3.06. The van der Waals surface area contributed by atoms with E-state index in [-0.39, 0.29) is 30.2 Å². The van der Waals surface area contributed by atoms with Gasteiger partial charge in [-0.15, -0.1) is 0 Å². The highest BCUT2D eigenvalue weighted by molar-refractivity contribution is 9.10. The minimum atomic E-state index is -1.35. The number of halogens is 1. The van der Waals surface area contributed by atoms with Crippen LogP contribution >= 0.6 is 15.9 Å². The predicted octanol–water partition coefficient (Wildman–Crippen LogP) is 2.53. The molecule has 0 saturated heterocycles. The molecule has 0 heterocycles. The molecule has 6 heteroatoms. The standard InChI is InChI=1S/C17H16BrNO4/c1-11-3-2-4-13(9-11)23-8-7-16(20)19-15-6-5-12(18)10-14(15)17(21)22/h2-6,9-10H,7-8H2,1H3,(H,19,20)(H,21,22)/p-1. The molecule has 0 unspecified atom stereocenters. The number of hydrogen-bond acceptors (Lipinski definition) is 4. The highest BCUT2D eigenvalue weighted by atomic mass is 79.9. The Hall–Kier alpha value is -2.34. The Bertz CT molecular complexity index is 730. The van der Waals surface area contributed by atoms with E-state index in [1.807, 2.05) is 31.2 Å². The topological polar surface area (TPSA) is 78.5 Å². The highest BCUT2D eigenvalue weighted by Crippen LogP contribution is 2.21. The van der Waals surface area contributed by atoms with Gasteiger partial charge in [-0.3, -0.25) is 4.79 Å². The average Bonchev–Trinajstić information content (AvgIpc) is 2.49. The van der Waals surface area contributed by atoms with Crippen molar-refractivity contribution in [3.05, 3.63) is 58.1 Å². The van der Waals surface area contributed by atoms with Gasteiger partial charge < -0.3 is 20.0 Å². The summed E-state index contributed by atoms with van der Waals surface area (Å²) in [6.07, 6.45) is 0.108. The van der Waals surface area contributed by atoms with E-state index in [1.165, 1.54) is 12.1 Å². The maximum absolute atomic E-state index is 11.9. The Balaban J connectivity index is 1.91. The third kappa shape index (κ3) is 5.10. The van der Waals surface area contributed by atoms with Crippen molar-refractivity contribution >= 4 is 33.5 Å². The van der Waals surface area contributed by atoms with Crippen LogP contribution in [0.3, 0.4) is 0 Å². The van der Waals surface area contributed by atoms with Crippen LogP contribution in [0.4, 0.5) is 5.69 Å². The van der Waals surface area contributed by atoms with Crippen molar-refractivity contribution in [3.8, 4) is 5.75 Å². The fourth-order valence-corrected chi connectivity index (χ4v) is 2.33. The Morgan fingerprint density at radius 3 is 2.70 bits per heavy atom. The largest absolute Gasteiger partial charge is 0.545 e. The van der Waals surface area contributed by atoms with E-state index in [2.05, 4.69) is 21.2 Å². The lowest BCUT2D eigenvalue weighted by Crippen LogP contribution is -2.25. The summed E-state index contributed by atoms with van der Waals surface area (Å²) >= 11 is 3.18. The van der Waals surface area contributed by atoms with Gasteiger partial charge in [0.2, 0.25) is 5.91 Å². The van der Waals surface area contributed by atoms with Gasteiger partial charge in [-0.05, 0) is 42.8 Å². The fraction of sp³-hybridized carbons (Fsp3) is 0.176. The molecule has 0 aromatic heterocycles. The summed E-state index contributed by atoms with van der Waals surface area (Å²) in [5.74, 6) is -0.989. The molecule has 120 valence electrons. The van der Waals surface area contributed by atoms with Crippen LogP contribution in [0.25, 0.3) is 0 Å². The van der Waals surface area contributed by atoms with Crippen molar-refractivity contribution in [3.63, 3.8) is 0 Å². The van der Waals surface area contributed by atoms with Gasteiger partial charge >= 0.3 is 0 Å². The van der Waals surface area contributed by atoms with Crippen molar-refractivity contribution in [1.82, 2.24) is 0 Å². The van der Waals surface area contributed by atoms with Crippen LogP contribution in [0.5, 0.6) is 5.75 Å². The molecule has 0 bridgehead atoms. The van der Waals surface area contributed by atoms with Gasteiger partial charge in [0, 0.05) is 15.7 Å². The van der Waals surface area contributed by atoms with Gasteiger partial charge in [-0.1, -0.05) is 28.1 Å². The molecule has 2 aromatic carbocycles. The number of aryl methyl sites for hydroxylation is 1. The zero-order valence-corrected chi connectivity index (χ0v) is 14.1. The number of amides is 1. The maximum Gasteiger partial charge on any atom is 0.227 e. The van der Waals surface area contributed by atoms with Crippen LogP contribution < -0.4 is 15.2 Å². The van der Waals surface area contributed by atoms with Crippen molar-refractivity contribution in [1.29, 1.82) is 0 Å². The van der Waals surface area contributed by atoms with Crippen molar-refractivity contribution in [2.75, 3.05) is 11.9 Å². The van der Waals surface area contributed by atoms with E-state index in [0.29, 0.717) is 10.2 Å². The van der Waals surface area contributed by atoms with E-state index in [4.69, 9.17) is 4.74 Å². The zero-order valence-electron chi connectivity index (χ0n) is 12.5. The number of carbonyl (C=O) groups is 2. The quantitative estimate of drug-likeness (QED) is 0.839. The highest BCUT2D eigenvalue weighted by Gasteiger charge is 2.09. The Morgan fingerprint density at radius 2 is 2.00 bits per heavy atom. The van der Waals surface area contributed by atoms with Crippen LogP contribution in [0.1, 0.15) is 22.3 Å². The first-order valence-electron chi connectivity index (χ1n) is 6.96. The van der Waals surface area contributed by atoms with Gasteiger partial charge in [-0.25, -0.2) is 0 Å². The second-order valence-electron chi connectivity index (χ2n) is 4.94. The second-order valence-corrected chi connectivity index (χ2v) is 5.86. The maximum atomic E-state index is 11.9. The summed E-state index contributed by atoms with van der Waals surface area (Å²) in [5, 5.41) is 13.6. The van der Waals surface area contributed by atoms with Crippen LogP contribution in [-0.4, -0.2) is 18.5 Å². The van der Waals surface area contributed by atoms with Crippen LogP contribution in [0.15, 0.2) is 46.9 Å². The van der Waals surface area contributed by atoms with Crippen molar-refractivity contribution in [2.45, 2.75) is 13.3 Å². The molecule has 0 atom stereocenters. The minimum Gasteiger partial charge on any atom is -0.545 e. The molecule has 0 saturated carbocycles. The molecule has 2 aromatic rings. The number of rotatable bonds is 6. The van der Waals surface area contributed by atoms with E-state index in [9.17, 15) is 14.7 Å². The van der Waals surface area contributed by atoms with E-state index in [0.717, 1.165) is 5.56 Å². The molecule has 1 amide bonds. The number of carboxylic acids is 1. The first-order chi connectivity index (χ1) is 11.0. The Morgan fingerprint density at radius 1 is 1.22 bits per heavy atom. The predicted molar refractivity (Wildman–Crippen MR) is 88.4 cm³/mol. The third-order valence-corrected chi connectivity index (χ3v) is 3.56. The summed E-state index contributed by atoms with van der Waals surface area (Å²) in [4.78, 5) is 23.0. The van der Waals surface area contributed by atoms with Gasteiger partial charge in [0.15, 0.2) is 0 Å². The number of hydrogen-bond donors (Lipinski definition) is 1. The molecule has 5 nitrogen and oxygen atoms in total. The number of carboxylic acid groups (broad SMARTS) is 1. The summed E-state index contributed by atoms with van der Waals surface area (Å²) in [5.41, 5.74) is 1.20. The Labute approximate surface area is 142 Å². The molecule has 2 rings (SSSR count). The molecular formula is C17H15BrNO4-. The minimum absolute atomic E-state index is 0.0765.